The van der Waals surface area contributed by atoms with Crippen LogP contribution in [-0.4, -0.2) is 31.2 Å². The molecule has 1 heterocycles. The third-order valence-electron chi connectivity index (χ3n) is 1.95. The van der Waals surface area contributed by atoms with Gasteiger partial charge in [0, 0.05) is 25.0 Å². The summed E-state index contributed by atoms with van der Waals surface area (Å²) in [6.07, 6.45) is -0.562. The lowest BCUT2D eigenvalue weighted by molar-refractivity contribution is 0.184. The van der Waals surface area contributed by atoms with E-state index in [1.54, 1.807) is 13.1 Å². The van der Waals surface area contributed by atoms with Gasteiger partial charge >= 0.3 is 0 Å². The lowest BCUT2D eigenvalue weighted by Crippen LogP contribution is -2.39. The standard InChI is InChI=1S/C10H16ClN3OS/c1-3-13-10(12-2)14-6-7(15)8-4-5-9(11)16-8/h4-5,7,15H,3,6H2,1-2H3,(H2,12,13,14). The van der Waals surface area contributed by atoms with Gasteiger partial charge in [0.2, 0.25) is 0 Å². The van der Waals surface area contributed by atoms with E-state index in [9.17, 15) is 5.11 Å². The minimum absolute atomic E-state index is 0.413. The topological polar surface area (TPSA) is 56.7 Å². The Morgan fingerprint density at radius 2 is 2.31 bits per heavy atom. The number of thiophene rings is 1. The molecule has 0 bridgehead atoms. The van der Waals surface area contributed by atoms with E-state index in [2.05, 4.69) is 15.6 Å². The van der Waals surface area contributed by atoms with E-state index in [0.717, 1.165) is 11.4 Å². The minimum atomic E-state index is -0.562. The Hall–Kier alpha value is -0.780. The van der Waals surface area contributed by atoms with Crippen LogP contribution in [0.15, 0.2) is 17.1 Å². The van der Waals surface area contributed by atoms with Crippen LogP contribution in [0.1, 0.15) is 17.9 Å². The molecule has 3 N–H and O–H groups in total. The van der Waals surface area contributed by atoms with Gasteiger partial charge in [0.05, 0.1) is 4.34 Å². The monoisotopic (exact) mass is 261 g/mol. The van der Waals surface area contributed by atoms with Crippen molar-refractivity contribution in [2.45, 2.75) is 13.0 Å². The van der Waals surface area contributed by atoms with Gasteiger partial charge in [-0.25, -0.2) is 0 Å². The molecule has 1 unspecified atom stereocenters. The van der Waals surface area contributed by atoms with Gasteiger partial charge in [-0.2, -0.15) is 0 Å². The average Bonchev–Trinajstić information content (AvgIpc) is 2.70. The van der Waals surface area contributed by atoms with Gasteiger partial charge in [0.15, 0.2) is 5.96 Å². The van der Waals surface area contributed by atoms with Crippen LogP contribution < -0.4 is 10.6 Å². The Balaban J connectivity index is 2.43. The second kappa shape index (κ2) is 6.73. The summed E-state index contributed by atoms with van der Waals surface area (Å²) in [4.78, 5) is 4.86. The number of hydrogen-bond acceptors (Lipinski definition) is 3. The number of guanidine groups is 1. The molecule has 1 aromatic rings. The number of rotatable bonds is 4. The molecule has 1 atom stereocenters. The van der Waals surface area contributed by atoms with E-state index in [-0.39, 0.29) is 0 Å². The quantitative estimate of drug-likeness (QED) is 0.570. The van der Waals surface area contributed by atoms with E-state index < -0.39 is 6.10 Å². The van der Waals surface area contributed by atoms with Gasteiger partial charge in [0.25, 0.3) is 0 Å². The van der Waals surface area contributed by atoms with Crippen LogP contribution in [0.3, 0.4) is 0 Å². The van der Waals surface area contributed by atoms with Gasteiger partial charge in [-0.1, -0.05) is 11.6 Å². The van der Waals surface area contributed by atoms with Crippen LogP contribution in [0, 0.1) is 0 Å². The largest absolute Gasteiger partial charge is 0.386 e. The zero-order valence-electron chi connectivity index (χ0n) is 9.33. The summed E-state index contributed by atoms with van der Waals surface area (Å²) in [5.41, 5.74) is 0. The second-order valence-corrected chi connectivity index (χ2v) is 4.89. The maximum atomic E-state index is 9.85. The first-order chi connectivity index (χ1) is 7.67. The SMILES string of the molecule is CCNC(=NC)NCC(O)c1ccc(Cl)s1. The van der Waals surface area contributed by atoms with Crippen LogP contribution >= 0.6 is 22.9 Å². The van der Waals surface area contributed by atoms with Crippen molar-refractivity contribution >= 4 is 28.9 Å². The Labute approximate surface area is 104 Å². The molecule has 0 radical (unpaired) electrons. The van der Waals surface area contributed by atoms with Crippen LogP contribution in [0.5, 0.6) is 0 Å². The number of aliphatic hydroxyl groups is 1. The fourth-order valence-electron chi connectivity index (χ4n) is 1.19. The molecule has 1 aromatic heterocycles. The predicted molar refractivity (Wildman–Crippen MR) is 69.3 cm³/mol. The molecule has 0 saturated heterocycles. The van der Waals surface area contributed by atoms with E-state index in [1.807, 2.05) is 13.0 Å². The molecule has 16 heavy (non-hydrogen) atoms. The highest BCUT2D eigenvalue weighted by Crippen LogP contribution is 2.26. The van der Waals surface area contributed by atoms with Crippen LogP contribution in [0.2, 0.25) is 4.34 Å². The van der Waals surface area contributed by atoms with E-state index in [0.29, 0.717) is 16.8 Å². The Kier molecular flexibility index (Phi) is 5.59. The molecule has 1 rings (SSSR count). The summed E-state index contributed by atoms with van der Waals surface area (Å²) in [5.74, 6) is 0.684. The summed E-state index contributed by atoms with van der Waals surface area (Å²) in [7, 11) is 1.69. The summed E-state index contributed by atoms with van der Waals surface area (Å²) < 4.78 is 0.685. The normalized spacial score (nSPS) is 13.6. The van der Waals surface area contributed by atoms with E-state index >= 15 is 0 Å². The molecule has 0 fully saturated rings. The van der Waals surface area contributed by atoms with Crippen LogP contribution in [-0.2, 0) is 0 Å². The molecule has 0 amide bonds. The van der Waals surface area contributed by atoms with Gasteiger partial charge in [-0.3, -0.25) is 4.99 Å². The lowest BCUT2D eigenvalue weighted by Gasteiger charge is -2.13. The third-order valence-corrected chi connectivity index (χ3v) is 3.29. The summed E-state index contributed by atoms with van der Waals surface area (Å²) in [6, 6.07) is 3.61. The zero-order chi connectivity index (χ0) is 12.0. The first-order valence-electron chi connectivity index (χ1n) is 5.05. The van der Waals surface area contributed by atoms with Crippen molar-refractivity contribution in [2.75, 3.05) is 20.1 Å². The number of nitrogens with one attached hydrogen (secondary N) is 2. The Morgan fingerprint density at radius 3 is 2.81 bits per heavy atom. The van der Waals surface area contributed by atoms with E-state index in [1.165, 1.54) is 11.3 Å². The Morgan fingerprint density at radius 1 is 1.56 bits per heavy atom. The highest BCUT2D eigenvalue weighted by atomic mass is 35.5. The lowest BCUT2D eigenvalue weighted by atomic mass is 10.3. The molecule has 90 valence electrons. The molecule has 0 aliphatic rings. The van der Waals surface area contributed by atoms with Crippen molar-refractivity contribution in [2.24, 2.45) is 4.99 Å². The van der Waals surface area contributed by atoms with Gasteiger partial charge in [-0.15, -0.1) is 11.3 Å². The molecular weight excluding hydrogens is 246 g/mol. The maximum Gasteiger partial charge on any atom is 0.191 e. The fourth-order valence-corrected chi connectivity index (χ4v) is 2.24. The van der Waals surface area contributed by atoms with Crippen LogP contribution in [0.4, 0.5) is 0 Å². The summed E-state index contributed by atoms with van der Waals surface area (Å²) in [5, 5.41) is 15.9. The zero-order valence-corrected chi connectivity index (χ0v) is 10.9. The molecule has 6 heteroatoms. The smallest absolute Gasteiger partial charge is 0.191 e. The third kappa shape index (κ3) is 4.00. The highest BCUT2D eigenvalue weighted by Gasteiger charge is 2.10. The highest BCUT2D eigenvalue weighted by molar-refractivity contribution is 7.16. The molecule has 4 nitrogen and oxygen atoms in total. The molecule has 0 saturated carbocycles. The first-order valence-corrected chi connectivity index (χ1v) is 6.24. The summed E-state index contributed by atoms with van der Waals surface area (Å²) >= 11 is 7.18. The fraction of sp³-hybridized carbons (Fsp3) is 0.500. The molecule has 0 aromatic carbocycles. The summed E-state index contributed by atoms with van der Waals surface area (Å²) in [6.45, 7) is 3.19. The minimum Gasteiger partial charge on any atom is -0.386 e. The van der Waals surface area contributed by atoms with Crippen molar-refractivity contribution < 1.29 is 5.11 Å². The van der Waals surface area contributed by atoms with E-state index in [4.69, 9.17) is 11.6 Å². The van der Waals surface area contributed by atoms with Gasteiger partial charge < -0.3 is 15.7 Å². The van der Waals surface area contributed by atoms with Crippen molar-refractivity contribution in [1.29, 1.82) is 0 Å². The number of aliphatic hydroxyl groups excluding tert-OH is 1. The molecular formula is C10H16ClN3OS. The van der Waals surface area contributed by atoms with Gasteiger partial charge in [-0.05, 0) is 19.1 Å². The number of nitrogens with zero attached hydrogens (tertiary/aromatic N) is 1. The predicted octanol–water partition coefficient (Wildman–Crippen LogP) is 1.62. The number of aliphatic imine (C=N–C) groups is 1. The van der Waals surface area contributed by atoms with Crippen molar-refractivity contribution in [3.05, 3.63) is 21.3 Å². The van der Waals surface area contributed by atoms with Crippen molar-refractivity contribution in [3.63, 3.8) is 0 Å². The van der Waals surface area contributed by atoms with Crippen molar-refractivity contribution in [1.82, 2.24) is 10.6 Å². The maximum absolute atomic E-state index is 9.85. The molecule has 0 aliphatic carbocycles. The number of halogens is 1. The first kappa shape index (κ1) is 13.3. The Bertz CT molecular complexity index is 354. The van der Waals surface area contributed by atoms with Crippen LogP contribution in [0.25, 0.3) is 0 Å². The molecule has 0 spiro atoms. The van der Waals surface area contributed by atoms with Gasteiger partial charge in [0.1, 0.15) is 6.10 Å². The molecule has 0 aliphatic heterocycles. The number of hydrogen-bond donors (Lipinski definition) is 3. The van der Waals surface area contributed by atoms with Crippen molar-refractivity contribution in [3.8, 4) is 0 Å². The average molecular weight is 262 g/mol. The second-order valence-electron chi connectivity index (χ2n) is 3.14.